The molecule has 5 nitrogen and oxygen atoms in total. The fraction of sp³-hybridized carbons (Fsp3) is 0.692. The maximum Gasteiger partial charge on any atom is 0.407 e. The lowest BCUT2D eigenvalue weighted by molar-refractivity contribution is -0.112. The van der Waals surface area contributed by atoms with E-state index in [-0.39, 0.29) is 11.4 Å². The second-order valence-corrected chi connectivity index (χ2v) is 4.87. The van der Waals surface area contributed by atoms with Crippen molar-refractivity contribution in [2.45, 2.75) is 38.7 Å². The quantitative estimate of drug-likeness (QED) is 0.603. The van der Waals surface area contributed by atoms with Crippen molar-refractivity contribution in [3.8, 4) is 0 Å². The molecule has 1 rings (SSSR count). The first-order valence-electron chi connectivity index (χ1n) is 6.22. The third-order valence-electron chi connectivity index (χ3n) is 3.18. The van der Waals surface area contributed by atoms with Crippen molar-refractivity contribution in [2.75, 3.05) is 19.7 Å². The van der Waals surface area contributed by atoms with Gasteiger partial charge in [-0.3, -0.25) is 4.79 Å². The smallest absolute Gasteiger partial charge is 0.407 e. The van der Waals surface area contributed by atoms with Crippen LogP contribution < -0.4 is 0 Å². The summed E-state index contributed by atoms with van der Waals surface area (Å²) in [5.74, 6) is 0.0379. The Labute approximate surface area is 107 Å². The molecule has 0 bridgehead atoms. The Hall–Kier alpha value is -1.36. The lowest BCUT2D eigenvalue weighted by Gasteiger charge is -2.38. The number of likely N-dealkylation sites (tertiary alicyclic amines) is 1. The molecule has 1 fully saturated rings. The van der Waals surface area contributed by atoms with Crippen LogP contribution in [0.3, 0.4) is 0 Å². The molecule has 0 aromatic heterocycles. The standard InChI is InChI=1S/C13H21NO4/c1-11(15)5-3-4-10-18-13(2)6-8-14(9-7-13)12(16)17/h3,5H,4,6-10H2,1-2H3,(H,16,17). The van der Waals surface area contributed by atoms with Crippen LogP contribution in [0, 0.1) is 0 Å². The Morgan fingerprint density at radius 3 is 2.50 bits per heavy atom. The number of hydrogen-bond donors (Lipinski definition) is 1. The summed E-state index contributed by atoms with van der Waals surface area (Å²) >= 11 is 0. The molecule has 1 amide bonds. The van der Waals surface area contributed by atoms with Crippen LogP contribution in [0.4, 0.5) is 4.79 Å². The van der Waals surface area contributed by atoms with Crippen molar-refractivity contribution in [1.82, 2.24) is 4.90 Å². The summed E-state index contributed by atoms with van der Waals surface area (Å²) in [6, 6.07) is 0. The number of carbonyl (C=O) groups is 2. The number of carbonyl (C=O) groups excluding carboxylic acids is 1. The van der Waals surface area contributed by atoms with Gasteiger partial charge in [-0.1, -0.05) is 6.08 Å². The fourth-order valence-electron chi connectivity index (χ4n) is 1.94. The SMILES string of the molecule is CC(=O)C=CCCOC1(C)CCN(C(=O)O)CC1. The Morgan fingerprint density at radius 1 is 1.39 bits per heavy atom. The molecule has 0 aromatic rings. The van der Waals surface area contributed by atoms with E-state index in [0.29, 0.717) is 26.1 Å². The van der Waals surface area contributed by atoms with Crippen molar-refractivity contribution >= 4 is 11.9 Å². The molecule has 0 aromatic carbocycles. The zero-order chi connectivity index (χ0) is 13.6. The molecule has 5 heteroatoms. The van der Waals surface area contributed by atoms with Gasteiger partial charge in [0.1, 0.15) is 0 Å². The van der Waals surface area contributed by atoms with Gasteiger partial charge >= 0.3 is 6.09 Å². The lowest BCUT2D eigenvalue weighted by atomic mass is 9.93. The van der Waals surface area contributed by atoms with Crippen LogP contribution in [0.25, 0.3) is 0 Å². The maximum atomic E-state index is 10.8. The number of ketones is 1. The monoisotopic (exact) mass is 255 g/mol. The summed E-state index contributed by atoms with van der Waals surface area (Å²) in [4.78, 5) is 22.9. The molecular weight excluding hydrogens is 234 g/mol. The second-order valence-electron chi connectivity index (χ2n) is 4.87. The van der Waals surface area contributed by atoms with Crippen LogP contribution in [-0.2, 0) is 9.53 Å². The number of carboxylic acid groups (broad SMARTS) is 1. The molecule has 0 aliphatic carbocycles. The van der Waals surface area contributed by atoms with Crippen molar-refractivity contribution in [3.05, 3.63) is 12.2 Å². The molecule has 0 radical (unpaired) electrons. The van der Waals surface area contributed by atoms with Crippen LogP contribution in [0.1, 0.15) is 33.1 Å². The van der Waals surface area contributed by atoms with Crippen LogP contribution in [-0.4, -0.2) is 47.2 Å². The average Bonchev–Trinajstić information content (AvgIpc) is 2.28. The molecule has 0 unspecified atom stereocenters. The summed E-state index contributed by atoms with van der Waals surface area (Å²) in [6.45, 7) is 5.14. The van der Waals surface area contributed by atoms with E-state index in [0.717, 1.165) is 12.8 Å². The van der Waals surface area contributed by atoms with Gasteiger partial charge in [-0.05, 0) is 39.2 Å². The summed E-state index contributed by atoms with van der Waals surface area (Å²) in [5, 5.41) is 8.85. The van der Waals surface area contributed by atoms with E-state index < -0.39 is 6.09 Å². The summed E-state index contributed by atoms with van der Waals surface area (Å²) in [6.07, 6.45) is 4.63. The Morgan fingerprint density at radius 2 is 2.00 bits per heavy atom. The molecule has 102 valence electrons. The maximum absolute atomic E-state index is 10.8. The largest absolute Gasteiger partial charge is 0.465 e. The lowest BCUT2D eigenvalue weighted by Crippen LogP contribution is -2.46. The highest BCUT2D eigenvalue weighted by molar-refractivity contribution is 5.87. The first-order chi connectivity index (χ1) is 8.43. The molecule has 0 saturated carbocycles. The molecule has 0 spiro atoms. The number of amides is 1. The number of hydrogen-bond acceptors (Lipinski definition) is 3. The number of ether oxygens (including phenoxy) is 1. The Bertz CT molecular complexity index is 330. The van der Waals surface area contributed by atoms with E-state index >= 15 is 0 Å². The molecular formula is C13H21NO4. The summed E-state index contributed by atoms with van der Waals surface area (Å²) in [7, 11) is 0. The molecule has 1 aliphatic rings. The number of piperidine rings is 1. The molecule has 1 heterocycles. The van der Waals surface area contributed by atoms with Crippen molar-refractivity contribution in [3.63, 3.8) is 0 Å². The van der Waals surface area contributed by atoms with E-state index in [9.17, 15) is 9.59 Å². The van der Waals surface area contributed by atoms with E-state index in [2.05, 4.69) is 0 Å². The van der Waals surface area contributed by atoms with Crippen molar-refractivity contribution in [1.29, 1.82) is 0 Å². The predicted molar refractivity (Wildman–Crippen MR) is 67.6 cm³/mol. The minimum absolute atomic E-state index is 0.0379. The van der Waals surface area contributed by atoms with Gasteiger partial charge in [0, 0.05) is 13.1 Å². The van der Waals surface area contributed by atoms with E-state index in [1.807, 2.05) is 6.92 Å². The first kappa shape index (κ1) is 14.7. The molecule has 0 atom stereocenters. The zero-order valence-corrected chi connectivity index (χ0v) is 11.0. The van der Waals surface area contributed by atoms with Gasteiger partial charge in [0.25, 0.3) is 0 Å². The van der Waals surface area contributed by atoms with E-state index in [1.54, 1.807) is 12.2 Å². The number of rotatable bonds is 5. The highest BCUT2D eigenvalue weighted by Crippen LogP contribution is 2.25. The van der Waals surface area contributed by atoms with Gasteiger partial charge in [-0.15, -0.1) is 0 Å². The number of nitrogens with zero attached hydrogens (tertiary/aromatic N) is 1. The minimum atomic E-state index is -0.860. The topological polar surface area (TPSA) is 66.8 Å². The normalized spacial score (nSPS) is 19.1. The highest BCUT2D eigenvalue weighted by atomic mass is 16.5. The minimum Gasteiger partial charge on any atom is -0.465 e. The predicted octanol–water partition coefficient (Wildman–Crippen LogP) is 2.07. The highest BCUT2D eigenvalue weighted by Gasteiger charge is 2.32. The number of allylic oxidation sites excluding steroid dienone is 1. The van der Waals surface area contributed by atoms with Crippen molar-refractivity contribution in [2.24, 2.45) is 0 Å². The van der Waals surface area contributed by atoms with E-state index in [4.69, 9.17) is 9.84 Å². The molecule has 1 aliphatic heterocycles. The third-order valence-corrected chi connectivity index (χ3v) is 3.18. The van der Waals surface area contributed by atoms with Crippen LogP contribution in [0.15, 0.2) is 12.2 Å². The summed E-state index contributed by atoms with van der Waals surface area (Å²) < 4.78 is 5.80. The molecule has 1 N–H and O–H groups in total. The molecule has 18 heavy (non-hydrogen) atoms. The Balaban J connectivity index is 2.26. The summed E-state index contributed by atoms with van der Waals surface area (Å²) in [5.41, 5.74) is -0.240. The molecule has 1 saturated heterocycles. The van der Waals surface area contributed by atoms with Gasteiger partial charge in [0.15, 0.2) is 5.78 Å². The average molecular weight is 255 g/mol. The third kappa shape index (κ3) is 4.87. The van der Waals surface area contributed by atoms with Crippen LogP contribution >= 0.6 is 0 Å². The Kier molecular flexibility index (Phi) is 5.34. The van der Waals surface area contributed by atoms with Gasteiger partial charge in [0.05, 0.1) is 12.2 Å². The van der Waals surface area contributed by atoms with Gasteiger partial charge in [0.2, 0.25) is 0 Å². The first-order valence-corrected chi connectivity index (χ1v) is 6.22. The zero-order valence-electron chi connectivity index (χ0n) is 11.0. The fourth-order valence-corrected chi connectivity index (χ4v) is 1.94. The van der Waals surface area contributed by atoms with Gasteiger partial charge < -0.3 is 14.7 Å². The van der Waals surface area contributed by atoms with Gasteiger partial charge in [-0.2, -0.15) is 0 Å². The van der Waals surface area contributed by atoms with Crippen molar-refractivity contribution < 1.29 is 19.4 Å². The van der Waals surface area contributed by atoms with Gasteiger partial charge in [-0.25, -0.2) is 4.79 Å². The van der Waals surface area contributed by atoms with E-state index in [1.165, 1.54) is 11.8 Å². The second kappa shape index (κ2) is 6.54. The van der Waals surface area contributed by atoms with Crippen LogP contribution in [0.5, 0.6) is 0 Å². The van der Waals surface area contributed by atoms with Crippen LogP contribution in [0.2, 0.25) is 0 Å².